The zero-order valence-corrected chi connectivity index (χ0v) is 29.3. The molecule has 0 saturated carbocycles. The van der Waals surface area contributed by atoms with E-state index >= 15 is 0 Å². The molecule has 0 amide bonds. The van der Waals surface area contributed by atoms with Crippen molar-refractivity contribution < 1.29 is 0 Å². The van der Waals surface area contributed by atoms with Crippen molar-refractivity contribution in [2.75, 3.05) is 4.90 Å². The highest BCUT2D eigenvalue weighted by atomic mass is 32.1. The second-order valence-electron chi connectivity index (χ2n) is 13.6. The number of aromatic nitrogens is 2. The number of nitrogens with zero attached hydrogens (tertiary/aromatic N) is 3. The molecule has 0 N–H and O–H groups in total. The van der Waals surface area contributed by atoms with Crippen LogP contribution in [0.2, 0.25) is 0 Å². The Morgan fingerprint density at radius 3 is 1.53 bits per heavy atom. The van der Waals surface area contributed by atoms with Crippen molar-refractivity contribution in [3.8, 4) is 55.3 Å². The first-order chi connectivity index (χ1) is 25.0. The van der Waals surface area contributed by atoms with E-state index in [4.69, 9.17) is 9.36 Å². The van der Waals surface area contributed by atoms with Crippen LogP contribution in [0.4, 0.5) is 17.1 Å². The van der Waals surface area contributed by atoms with Gasteiger partial charge >= 0.3 is 0 Å². The Balaban J connectivity index is 1.06. The number of rotatable bonds is 7. The third-order valence-electron chi connectivity index (χ3n) is 10.1. The van der Waals surface area contributed by atoms with E-state index in [1.807, 2.05) is 6.07 Å². The lowest BCUT2D eigenvalue weighted by Gasteiger charge is -2.27. The standard InChI is InChI=1S/C47H35N3S/c1-47(2)43-16-10-9-15-41(43)42-31-40(29-30-44(42)47)50(38-25-21-35(22-26-38)33-13-7-4-8-14-33)39-27-23-37(24-28-39)46-48-45(49-51-46)36-19-17-34(18-20-36)32-11-5-3-6-12-32/h3-31H,1-2H3. The predicted octanol–water partition coefficient (Wildman–Crippen LogP) is 13.0. The van der Waals surface area contributed by atoms with Gasteiger partial charge in [-0.15, -0.1) is 0 Å². The normalized spacial score (nSPS) is 12.7. The largest absolute Gasteiger partial charge is 0.310 e. The smallest absolute Gasteiger partial charge is 0.173 e. The fraction of sp³-hybridized carbons (Fsp3) is 0.0638. The third kappa shape index (κ3) is 5.64. The maximum atomic E-state index is 4.95. The molecule has 0 aliphatic heterocycles. The molecule has 0 saturated heterocycles. The summed E-state index contributed by atoms with van der Waals surface area (Å²) < 4.78 is 4.73. The van der Waals surface area contributed by atoms with Crippen molar-refractivity contribution in [1.29, 1.82) is 0 Å². The van der Waals surface area contributed by atoms with E-state index in [9.17, 15) is 0 Å². The molecule has 1 aromatic heterocycles. The van der Waals surface area contributed by atoms with Crippen LogP contribution in [0, 0.1) is 0 Å². The summed E-state index contributed by atoms with van der Waals surface area (Å²) >= 11 is 1.44. The van der Waals surface area contributed by atoms with Gasteiger partial charge in [-0.3, -0.25) is 0 Å². The van der Waals surface area contributed by atoms with Crippen LogP contribution in [0.5, 0.6) is 0 Å². The summed E-state index contributed by atoms with van der Waals surface area (Å²) in [7, 11) is 0. The maximum Gasteiger partial charge on any atom is 0.173 e. The van der Waals surface area contributed by atoms with Gasteiger partial charge in [-0.25, -0.2) is 4.98 Å². The van der Waals surface area contributed by atoms with Gasteiger partial charge in [0, 0.05) is 33.6 Å². The van der Waals surface area contributed by atoms with E-state index in [-0.39, 0.29) is 5.41 Å². The summed E-state index contributed by atoms with van der Waals surface area (Å²) in [6.07, 6.45) is 0. The molecular weight excluding hydrogens is 639 g/mol. The molecule has 0 bridgehead atoms. The first-order valence-electron chi connectivity index (χ1n) is 17.3. The number of fused-ring (bicyclic) bond motifs is 3. The highest BCUT2D eigenvalue weighted by Gasteiger charge is 2.35. The van der Waals surface area contributed by atoms with Gasteiger partial charge in [-0.2, -0.15) is 4.37 Å². The molecule has 1 aliphatic carbocycles. The maximum absolute atomic E-state index is 4.95. The van der Waals surface area contributed by atoms with Crippen LogP contribution >= 0.6 is 11.5 Å². The molecule has 9 rings (SSSR count). The third-order valence-corrected chi connectivity index (χ3v) is 10.9. The molecule has 7 aromatic carbocycles. The molecule has 4 heteroatoms. The van der Waals surface area contributed by atoms with Crippen LogP contribution in [-0.2, 0) is 5.41 Å². The lowest BCUT2D eigenvalue weighted by atomic mass is 9.82. The fourth-order valence-electron chi connectivity index (χ4n) is 7.38. The molecule has 0 spiro atoms. The van der Waals surface area contributed by atoms with E-state index in [2.05, 4.69) is 189 Å². The van der Waals surface area contributed by atoms with Crippen LogP contribution in [0.25, 0.3) is 55.3 Å². The second-order valence-corrected chi connectivity index (χ2v) is 14.3. The van der Waals surface area contributed by atoms with E-state index in [0.717, 1.165) is 39.0 Å². The Bertz CT molecular complexity index is 2460. The lowest BCUT2D eigenvalue weighted by Crippen LogP contribution is -2.15. The molecular formula is C47H35N3S. The first kappa shape index (κ1) is 30.9. The number of hydrogen-bond donors (Lipinski definition) is 0. The van der Waals surface area contributed by atoms with Crippen LogP contribution in [0.3, 0.4) is 0 Å². The molecule has 8 aromatic rings. The van der Waals surface area contributed by atoms with Crippen molar-refractivity contribution >= 4 is 28.6 Å². The Hall–Kier alpha value is -6.10. The van der Waals surface area contributed by atoms with Gasteiger partial charge in [0.1, 0.15) is 5.01 Å². The van der Waals surface area contributed by atoms with Crippen molar-refractivity contribution in [1.82, 2.24) is 9.36 Å². The molecule has 0 atom stereocenters. The van der Waals surface area contributed by atoms with E-state index in [1.54, 1.807) is 0 Å². The highest BCUT2D eigenvalue weighted by molar-refractivity contribution is 7.09. The van der Waals surface area contributed by atoms with Gasteiger partial charge in [0.2, 0.25) is 0 Å². The molecule has 1 heterocycles. The molecule has 244 valence electrons. The molecule has 3 nitrogen and oxygen atoms in total. The van der Waals surface area contributed by atoms with Crippen LogP contribution in [0.1, 0.15) is 25.0 Å². The van der Waals surface area contributed by atoms with Gasteiger partial charge in [0.15, 0.2) is 5.82 Å². The Labute approximate surface area is 303 Å². The zero-order chi connectivity index (χ0) is 34.4. The minimum Gasteiger partial charge on any atom is -0.310 e. The average Bonchev–Trinajstić information content (AvgIpc) is 3.78. The first-order valence-corrected chi connectivity index (χ1v) is 18.1. The summed E-state index contributed by atoms with van der Waals surface area (Å²) in [5.41, 5.74) is 15.5. The number of benzene rings is 7. The lowest BCUT2D eigenvalue weighted by molar-refractivity contribution is 0.660. The van der Waals surface area contributed by atoms with Gasteiger partial charge in [0.25, 0.3) is 0 Å². The van der Waals surface area contributed by atoms with Crippen molar-refractivity contribution in [3.63, 3.8) is 0 Å². The van der Waals surface area contributed by atoms with Gasteiger partial charge in [0.05, 0.1) is 0 Å². The summed E-state index contributed by atoms with van der Waals surface area (Å²) in [5, 5.41) is 0.902. The summed E-state index contributed by atoms with van der Waals surface area (Å²) in [6, 6.07) is 62.8. The van der Waals surface area contributed by atoms with Crippen molar-refractivity contribution in [3.05, 3.63) is 187 Å². The van der Waals surface area contributed by atoms with Gasteiger partial charge in [-0.1, -0.05) is 141 Å². The topological polar surface area (TPSA) is 29.0 Å². The van der Waals surface area contributed by atoms with Gasteiger partial charge in [-0.05, 0) is 105 Å². The molecule has 1 aliphatic rings. The molecule has 0 radical (unpaired) electrons. The SMILES string of the molecule is CC1(C)c2ccccc2-c2cc(N(c3ccc(-c4ccccc4)cc3)c3ccc(-c4nc(-c5ccc(-c6ccccc6)cc5)ns4)cc3)ccc21. The number of hydrogen-bond acceptors (Lipinski definition) is 4. The summed E-state index contributed by atoms with van der Waals surface area (Å²) in [5.74, 6) is 0.750. The van der Waals surface area contributed by atoms with E-state index in [0.29, 0.717) is 0 Å². The van der Waals surface area contributed by atoms with Crippen molar-refractivity contribution in [2.24, 2.45) is 0 Å². The van der Waals surface area contributed by atoms with Crippen LogP contribution in [0.15, 0.2) is 176 Å². The summed E-state index contributed by atoms with van der Waals surface area (Å²) in [4.78, 5) is 7.30. The predicted molar refractivity (Wildman–Crippen MR) is 214 cm³/mol. The fourth-order valence-corrected chi connectivity index (χ4v) is 8.07. The molecule has 0 unspecified atom stereocenters. The Morgan fingerprint density at radius 2 is 0.902 bits per heavy atom. The number of anilines is 3. The highest BCUT2D eigenvalue weighted by Crippen LogP contribution is 2.50. The van der Waals surface area contributed by atoms with E-state index < -0.39 is 0 Å². The van der Waals surface area contributed by atoms with Crippen LogP contribution in [-0.4, -0.2) is 9.36 Å². The molecule has 0 fully saturated rings. The minimum absolute atomic E-state index is 0.0429. The minimum atomic E-state index is -0.0429. The van der Waals surface area contributed by atoms with Crippen molar-refractivity contribution in [2.45, 2.75) is 19.3 Å². The van der Waals surface area contributed by atoms with Crippen LogP contribution < -0.4 is 4.90 Å². The zero-order valence-electron chi connectivity index (χ0n) is 28.5. The monoisotopic (exact) mass is 673 g/mol. The second kappa shape index (κ2) is 12.7. The molecule has 51 heavy (non-hydrogen) atoms. The average molecular weight is 674 g/mol. The van der Waals surface area contributed by atoms with E-state index in [1.165, 1.54) is 56.0 Å². The Kier molecular flexibility index (Phi) is 7.67. The quantitative estimate of drug-likeness (QED) is 0.169. The Morgan fingerprint density at radius 1 is 0.431 bits per heavy atom. The summed E-state index contributed by atoms with van der Waals surface area (Å²) in [6.45, 7) is 4.66. The van der Waals surface area contributed by atoms with Gasteiger partial charge < -0.3 is 4.90 Å².